The highest BCUT2D eigenvalue weighted by molar-refractivity contribution is 5.41. The molecule has 0 aliphatic heterocycles. The summed E-state index contributed by atoms with van der Waals surface area (Å²) in [7, 11) is 0. The molecule has 2 rings (SSSR count). The molecule has 0 unspecified atom stereocenters. The zero-order chi connectivity index (χ0) is 10.7. The van der Waals surface area contributed by atoms with E-state index in [1.54, 1.807) is 6.07 Å². The molecule has 0 saturated heterocycles. The van der Waals surface area contributed by atoms with Crippen LogP contribution in [0, 0.1) is 0 Å². The lowest BCUT2D eigenvalue weighted by Gasteiger charge is -2.20. The minimum atomic E-state index is -0.0574. The molecule has 1 N–H and O–H groups in total. The zero-order valence-corrected chi connectivity index (χ0v) is 8.63. The van der Waals surface area contributed by atoms with Crippen LogP contribution in [-0.4, -0.2) is 27.9 Å². The van der Waals surface area contributed by atoms with Gasteiger partial charge in [-0.3, -0.25) is 0 Å². The van der Waals surface area contributed by atoms with Gasteiger partial charge in [0.25, 0.3) is 0 Å². The first kappa shape index (κ1) is 10.1. The first-order chi connectivity index (χ1) is 7.35. The number of rotatable bonds is 5. The molecular formula is C11H15N3O. The van der Waals surface area contributed by atoms with Gasteiger partial charge in [0.1, 0.15) is 0 Å². The molecule has 1 heterocycles. The predicted molar refractivity (Wildman–Crippen MR) is 58.5 cm³/mol. The van der Waals surface area contributed by atoms with Gasteiger partial charge >= 0.3 is 0 Å². The quantitative estimate of drug-likeness (QED) is 0.732. The summed E-state index contributed by atoms with van der Waals surface area (Å²) in [5.41, 5.74) is 0.605. The maximum Gasteiger partial charge on any atom is 0.151 e. The van der Waals surface area contributed by atoms with Crippen molar-refractivity contribution in [3.63, 3.8) is 0 Å². The van der Waals surface area contributed by atoms with Gasteiger partial charge in [-0.1, -0.05) is 6.08 Å². The zero-order valence-electron chi connectivity index (χ0n) is 8.63. The summed E-state index contributed by atoms with van der Waals surface area (Å²) in [4.78, 5) is 2.20. The standard InChI is InChI=1S/C11H15N3O/c1-2-7-14(10-4-5-10)11-6-3-9(8-15)12-13-11/h2-3,6,10,15H,1,4-5,7-8H2. The van der Waals surface area contributed by atoms with Crippen LogP contribution in [0.1, 0.15) is 18.5 Å². The number of nitrogens with zero attached hydrogens (tertiary/aromatic N) is 3. The Hall–Kier alpha value is -1.42. The van der Waals surface area contributed by atoms with E-state index in [9.17, 15) is 0 Å². The fraction of sp³-hybridized carbons (Fsp3) is 0.455. The van der Waals surface area contributed by atoms with Crippen molar-refractivity contribution in [1.82, 2.24) is 10.2 Å². The molecule has 80 valence electrons. The van der Waals surface area contributed by atoms with E-state index in [1.165, 1.54) is 12.8 Å². The smallest absolute Gasteiger partial charge is 0.151 e. The molecule has 1 aromatic heterocycles. The lowest BCUT2D eigenvalue weighted by molar-refractivity contribution is 0.275. The van der Waals surface area contributed by atoms with Crippen molar-refractivity contribution < 1.29 is 5.11 Å². The third kappa shape index (κ3) is 2.33. The minimum absolute atomic E-state index is 0.0574. The Balaban J connectivity index is 2.14. The van der Waals surface area contributed by atoms with Crippen molar-refractivity contribution >= 4 is 5.82 Å². The SMILES string of the molecule is C=CCN(c1ccc(CO)nn1)C1CC1. The van der Waals surface area contributed by atoms with E-state index in [2.05, 4.69) is 21.7 Å². The minimum Gasteiger partial charge on any atom is -0.390 e. The summed E-state index contributed by atoms with van der Waals surface area (Å²) in [5, 5.41) is 16.9. The molecule has 15 heavy (non-hydrogen) atoms. The van der Waals surface area contributed by atoms with Crippen LogP contribution < -0.4 is 4.90 Å². The van der Waals surface area contributed by atoms with E-state index in [4.69, 9.17) is 5.11 Å². The van der Waals surface area contributed by atoms with Gasteiger partial charge in [-0.05, 0) is 25.0 Å². The molecule has 0 amide bonds. The van der Waals surface area contributed by atoms with E-state index >= 15 is 0 Å². The van der Waals surface area contributed by atoms with Gasteiger partial charge in [-0.15, -0.1) is 11.7 Å². The number of hydrogen-bond donors (Lipinski definition) is 1. The van der Waals surface area contributed by atoms with Gasteiger partial charge in [-0.25, -0.2) is 0 Å². The maximum absolute atomic E-state index is 8.86. The van der Waals surface area contributed by atoms with Crippen molar-refractivity contribution in [2.24, 2.45) is 0 Å². The van der Waals surface area contributed by atoms with Crippen LogP contribution in [0.2, 0.25) is 0 Å². The second kappa shape index (κ2) is 4.40. The summed E-state index contributed by atoms with van der Waals surface area (Å²) in [5.74, 6) is 0.870. The summed E-state index contributed by atoms with van der Waals surface area (Å²) >= 11 is 0. The molecule has 0 aromatic carbocycles. The van der Waals surface area contributed by atoms with Crippen molar-refractivity contribution in [3.05, 3.63) is 30.5 Å². The monoisotopic (exact) mass is 205 g/mol. The van der Waals surface area contributed by atoms with E-state index in [0.29, 0.717) is 11.7 Å². The van der Waals surface area contributed by atoms with E-state index < -0.39 is 0 Å². The van der Waals surface area contributed by atoms with Crippen LogP contribution in [0.25, 0.3) is 0 Å². The highest BCUT2D eigenvalue weighted by atomic mass is 16.3. The van der Waals surface area contributed by atoms with Gasteiger partial charge < -0.3 is 10.0 Å². The van der Waals surface area contributed by atoms with Crippen molar-refractivity contribution in [3.8, 4) is 0 Å². The average Bonchev–Trinajstić information content (AvgIpc) is 3.10. The Labute approximate surface area is 89.3 Å². The second-order valence-electron chi connectivity index (χ2n) is 3.71. The first-order valence-corrected chi connectivity index (χ1v) is 5.16. The maximum atomic E-state index is 8.86. The van der Waals surface area contributed by atoms with Gasteiger partial charge in [-0.2, -0.15) is 5.10 Å². The molecule has 1 fully saturated rings. The normalized spacial score (nSPS) is 15.0. The summed E-state index contributed by atoms with van der Waals surface area (Å²) in [6, 6.07) is 4.30. The number of hydrogen-bond acceptors (Lipinski definition) is 4. The van der Waals surface area contributed by atoms with Crippen LogP contribution in [-0.2, 0) is 6.61 Å². The summed E-state index contributed by atoms with van der Waals surface area (Å²) in [6.07, 6.45) is 4.31. The van der Waals surface area contributed by atoms with Crippen molar-refractivity contribution in [2.75, 3.05) is 11.4 Å². The Bertz CT molecular complexity index is 332. The highest BCUT2D eigenvalue weighted by Crippen LogP contribution is 2.29. The van der Waals surface area contributed by atoms with Crippen LogP contribution in [0.3, 0.4) is 0 Å². The van der Waals surface area contributed by atoms with Gasteiger partial charge in [0, 0.05) is 12.6 Å². The molecular weight excluding hydrogens is 190 g/mol. The molecule has 0 bridgehead atoms. The molecule has 1 aromatic rings. The Morgan fingerprint density at radius 1 is 1.47 bits per heavy atom. The Morgan fingerprint density at radius 2 is 2.27 bits per heavy atom. The largest absolute Gasteiger partial charge is 0.390 e. The van der Waals surface area contributed by atoms with Gasteiger partial charge in [0.2, 0.25) is 0 Å². The third-order valence-corrected chi connectivity index (χ3v) is 2.48. The summed E-state index contributed by atoms with van der Waals surface area (Å²) in [6.45, 7) is 4.49. The fourth-order valence-electron chi connectivity index (χ4n) is 1.55. The Kier molecular flexibility index (Phi) is 2.97. The number of anilines is 1. The number of aliphatic hydroxyl groups excluding tert-OH is 1. The van der Waals surface area contributed by atoms with Crippen LogP contribution in [0.15, 0.2) is 24.8 Å². The fourth-order valence-corrected chi connectivity index (χ4v) is 1.55. The molecule has 0 radical (unpaired) electrons. The molecule has 0 spiro atoms. The molecule has 4 heteroatoms. The topological polar surface area (TPSA) is 49.2 Å². The lowest BCUT2D eigenvalue weighted by atomic mass is 10.3. The number of aliphatic hydroxyl groups is 1. The molecule has 0 atom stereocenters. The number of aromatic nitrogens is 2. The van der Waals surface area contributed by atoms with Crippen molar-refractivity contribution in [2.45, 2.75) is 25.5 Å². The van der Waals surface area contributed by atoms with Crippen LogP contribution >= 0.6 is 0 Å². The third-order valence-electron chi connectivity index (χ3n) is 2.48. The van der Waals surface area contributed by atoms with E-state index in [1.807, 2.05) is 12.1 Å². The van der Waals surface area contributed by atoms with Crippen LogP contribution in [0.5, 0.6) is 0 Å². The molecule has 1 aliphatic rings. The molecule has 1 aliphatic carbocycles. The first-order valence-electron chi connectivity index (χ1n) is 5.16. The van der Waals surface area contributed by atoms with Gasteiger partial charge in [0.15, 0.2) is 5.82 Å². The molecule has 1 saturated carbocycles. The Morgan fingerprint density at radius 3 is 2.73 bits per heavy atom. The van der Waals surface area contributed by atoms with Gasteiger partial charge in [0.05, 0.1) is 12.3 Å². The van der Waals surface area contributed by atoms with E-state index in [-0.39, 0.29) is 6.61 Å². The van der Waals surface area contributed by atoms with Crippen LogP contribution in [0.4, 0.5) is 5.82 Å². The highest BCUT2D eigenvalue weighted by Gasteiger charge is 2.29. The predicted octanol–water partition coefficient (Wildman–Crippen LogP) is 1.12. The van der Waals surface area contributed by atoms with Crippen molar-refractivity contribution in [1.29, 1.82) is 0 Å². The lowest BCUT2D eigenvalue weighted by Crippen LogP contribution is -2.26. The second-order valence-corrected chi connectivity index (χ2v) is 3.71. The average molecular weight is 205 g/mol. The molecule has 4 nitrogen and oxygen atoms in total. The summed E-state index contributed by atoms with van der Waals surface area (Å²) < 4.78 is 0. The van der Waals surface area contributed by atoms with E-state index in [0.717, 1.165) is 12.4 Å².